The fourth-order valence-electron chi connectivity index (χ4n) is 4.51. The van der Waals surface area contributed by atoms with Gasteiger partial charge in [0.25, 0.3) is 0 Å². The van der Waals surface area contributed by atoms with Crippen molar-refractivity contribution in [2.24, 2.45) is 33.7 Å². The fourth-order valence-corrected chi connectivity index (χ4v) is 4.51. The molecule has 5 unspecified atom stereocenters. The number of benzene rings is 1. The third kappa shape index (κ3) is 18.4. The molecule has 0 saturated carbocycles. The molecule has 53 heavy (non-hydrogen) atoms. The molecule has 5 atom stereocenters. The molecule has 0 aromatic heterocycles. The molecular weight excluding hydrogens is 696 g/mol. The van der Waals surface area contributed by atoms with Gasteiger partial charge in [-0.3, -0.25) is 39.2 Å². The molecule has 21 nitrogen and oxygen atoms in total. The number of primary amides is 1. The first-order valence-corrected chi connectivity index (χ1v) is 16.6. The van der Waals surface area contributed by atoms with Gasteiger partial charge in [-0.1, -0.05) is 12.1 Å². The standard InChI is InChI=1S/C32H52N12O9/c1-17(24(46)14-28(50)53-44(3)32(37)38)40-15-25(47)22(10-11-27(34)49)41-16-26(48)23(5-4-12-39-31(35)36)43-29(51)18(2)42-30(52)21(33)13-19-6-8-20(45)9-7-19/h6-9,17-18,21-23,40-41,45H,4-5,10-16,33H2,1-3H3,(H2,34,49)(H3,37,38)(H,42,52)(H,43,51)(H4,35,36,39). The normalized spacial score (nSPS) is 13.6. The molecule has 0 saturated heterocycles. The van der Waals surface area contributed by atoms with Crippen LogP contribution in [-0.4, -0.2) is 120 Å². The summed E-state index contributed by atoms with van der Waals surface area (Å²) in [5.41, 5.74) is 27.9. The summed E-state index contributed by atoms with van der Waals surface area (Å²) < 4.78 is 0. The summed E-state index contributed by atoms with van der Waals surface area (Å²) >= 11 is 0. The predicted molar refractivity (Wildman–Crippen MR) is 192 cm³/mol. The molecule has 1 aromatic carbocycles. The molecule has 294 valence electrons. The Balaban J connectivity index is 2.91. The zero-order valence-corrected chi connectivity index (χ0v) is 30.1. The van der Waals surface area contributed by atoms with E-state index >= 15 is 0 Å². The van der Waals surface area contributed by atoms with Crippen molar-refractivity contribution in [3.05, 3.63) is 29.8 Å². The molecule has 0 radical (unpaired) electrons. The van der Waals surface area contributed by atoms with Gasteiger partial charge >= 0.3 is 5.97 Å². The molecule has 0 bridgehead atoms. The van der Waals surface area contributed by atoms with Gasteiger partial charge in [0.2, 0.25) is 23.7 Å². The molecule has 0 aliphatic carbocycles. The van der Waals surface area contributed by atoms with Crippen LogP contribution in [0, 0.1) is 5.41 Å². The van der Waals surface area contributed by atoms with Crippen molar-refractivity contribution >= 4 is 53.0 Å². The number of nitrogens with one attached hydrogen (secondary N) is 5. The highest BCUT2D eigenvalue weighted by molar-refractivity contribution is 5.99. The number of carbonyl (C=O) groups excluding carboxylic acids is 7. The Labute approximate surface area is 306 Å². The van der Waals surface area contributed by atoms with Gasteiger partial charge in [-0.2, -0.15) is 5.06 Å². The van der Waals surface area contributed by atoms with Crippen LogP contribution in [0.5, 0.6) is 5.75 Å². The zero-order valence-electron chi connectivity index (χ0n) is 30.1. The molecule has 16 N–H and O–H groups in total. The minimum atomic E-state index is -1.11. The molecular formula is C32H52N12O9. The maximum Gasteiger partial charge on any atom is 0.339 e. The number of hydroxylamine groups is 2. The number of hydrogen-bond acceptors (Lipinski definition) is 14. The number of nitrogens with two attached hydrogens (primary N) is 5. The summed E-state index contributed by atoms with van der Waals surface area (Å²) in [4.78, 5) is 96.9. The van der Waals surface area contributed by atoms with E-state index in [-0.39, 0.29) is 50.4 Å². The summed E-state index contributed by atoms with van der Waals surface area (Å²) in [5.74, 6) is -5.38. The van der Waals surface area contributed by atoms with Crippen LogP contribution in [0.2, 0.25) is 0 Å². The first kappa shape index (κ1) is 45.4. The average molecular weight is 749 g/mol. The number of hydrogen-bond donors (Lipinski definition) is 11. The lowest BCUT2D eigenvalue weighted by molar-refractivity contribution is -0.170. The zero-order chi connectivity index (χ0) is 40.2. The van der Waals surface area contributed by atoms with E-state index in [2.05, 4.69) is 26.3 Å². The molecule has 1 rings (SSSR count). The van der Waals surface area contributed by atoms with Crippen LogP contribution in [0.15, 0.2) is 29.3 Å². The van der Waals surface area contributed by atoms with E-state index in [1.165, 1.54) is 33.0 Å². The lowest BCUT2D eigenvalue weighted by Crippen LogP contribution is -2.55. The van der Waals surface area contributed by atoms with Crippen LogP contribution < -0.4 is 49.9 Å². The maximum absolute atomic E-state index is 13.4. The summed E-state index contributed by atoms with van der Waals surface area (Å²) in [6.07, 6.45) is -0.506. The van der Waals surface area contributed by atoms with Gasteiger partial charge in [0.05, 0.1) is 37.3 Å². The Morgan fingerprint density at radius 2 is 1.45 bits per heavy atom. The number of amides is 3. The van der Waals surface area contributed by atoms with Crippen LogP contribution >= 0.6 is 0 Å². The Bertz CT molecular complexity index is 1480. The Morgan fingerprint density at radius 1 is 0.849 bits per heavy atom. The Morgan fingerprint density at radius 3 is 2.04 bits per heavy atom. The quantitative estimate of drug-likeness (QED) is 0.0157. The van der Waals surface area contributed by atoms with Gasteiger partial charge in [0.1, 0.15) is 18.2 Å². The number of aromatic hydroxyl groups is 1. The van der Waals surface area contributed by atoms with E-state index in [9.17, 15) is 38.7 Å². The van der Waals surface area contributed by atoms with E-state index in [0.29, 0.717) is 10.6 Å². The second-order valence-corrected chi connectivity index (χ2v) is 12.2. The lowest BCUT2D eigenvalue weighted by atomic mass is 10.0. The van der Waals surface area contributed by atoms with Crippen molar-refractivity contribution < 1.29 is 43.5 Å². The van der Waals surface area contributed by atoms with Crippen molar-refractivity contribution in [1.29, 1.82) is 5.41 Å². The molecule has 0 aliphatic heterocycles. The third-order valence-electron chi connectivity index (χ3n) is 7.68. The number of rotatable bonds is 24. The maximum atomic E-state index is 13.4. The van der Waals surface area contributed by atoms with E-state index in [1.807, 2.05) is 0 Å². The van der Waals surface area contributed by atoms with Gasteiger partial charge in [-0.05, 0) is 57.2 Å². The molecule has 0 aliphatic rings. The SMILES string of the molecule is CC(NCC(=O)C(CCC(N)=O)NCC(=O)C(CCCN=C(N)N)NC(=O)C(C)NC(=O)C(N)Cc1ccc(O)cc1)C(=O)CC(=O)ON(C)C(=N)N. The van der Waals surface area contributed by atoms with Crippen molar-refractivity contribution in [3.63, 3.8) is 0 Å². The fraction of sp³-hybridized carbons (Fsp3) is 0.531. The van der Waals surface area contributed by atoms with Gasteiger partial charge in [-0.25, -0.2) is 4.79 Å². The smallest absolute Gasteiger partial charge is 0.339 e. The van der Waals surface area contributed by atoms with E-state index in [4.69, 9.17) is 38.9 Å². The monoisotopic (exact) mass is 748 g/mol. The molecule has 0 fully saturated rings. The van der Waals surface area contributed by atoms with Crippen molar-refractivity contribution in [2.45, 2.75) is 82.6 Å². The first-order chi connectivity index (χ1) is 24.8. The summed E-state index contributed by atoms with van der Waals surface area (Å²) in [6, 6.07) is 0.818. The number of guanidine groups is 2. The molecule has 3 amide bonds. The Hall–Kier alpha value is -5.67. The molecule has 0 heterocycles. The van der Waals surface area contributed by atoms with Gasteiger partial charge in [0, 0.05) is 20.0 Å². The molecule has 1 aromatic rings. The van der Waals surface area contributed by atoms with Gasteiger partial charge in [0.15, 0.2) is 23.3 Å². The molecule has 21 heteroatoms. The number of Topliss-reactive ketones (excluding diaryl/α,β-unsaturated/α-hetero) is 3. The van der Waals surface area contributed by atoms with Crippen molar-refractivity contribution in [2.75, 3.05) is 26.7 Å². The van der Waals surface area contributed by atoms with Crippen molar-refractivity contribution in [1.82, 2.24) is 26.3 Å². The summed E-state index contributed by atoms with van der Waals surface area (Å²) in [7, 11) is 1.21. The average Bonchev–Trinajstić information content (AvgIpc) is 3.08. The number of nitrogens with zero attached hydrogens (tertiary/aromatic N) is 2. The van der Waals surface area contributed by atoms with Crippen LogP contribution in [0.25, 0.3) is 0 Å². The molecule has 0 spiro atoms. The topological polar surface area (TPSA) is 367 Å². The first-order valence-electron chi connectivity index (χ1n) is 16.6. The number of phenols is 1. The number of aliphatic imine (C=N–C) groups is 1. The van der Waals surface area contributed by atoms with Crippen molar-refractivity contribution in [3.8, 4) is 5.75 Å². The third-order valence-corrected chi connectivity index (χ3v) is 7.68. The van der Waals surface area contributed by atoms with Crippen LogP contribution in [0.4, 0.5) is 0 Å². The van der Waals surface area contributed by atoms with Gasteiger partial charge < -0.3 is 59.9 Å². The highest BCUT2D eigenvalue weighted by Crippen LogP contribution is 2.11. The highest BCUT2D eigenvalue weighted by atomic mass is 16.7. The highest BCUT2D eigenvalue weighted by Gasteiger charge is 2.28. The minimum absolute atomic E-state index is 0.0527. The second kappa shape index (κ2) is 23.0. The number of carbonyl (C=O) groups is 7. The second-order valence-electron chi connectivity index (χ2n) is 12.2. The lowest BCUT2D eigenvalue weighted by Gasteiger charge is -2.23. The van der Waals surface area contributed by atoms with E-state index in [1.54, 1.807) is 12.1 Å². The number of ketones is 3. The van der Waals surface area contributed by atoms with Crippen LogP contribution in [0.3, 0.4) is 0 Å². The Kier molecular flexibility index (Phi) is 19.7. The van der Waals surface area contributed by atoms with Crippen LogP contribution in [-0.2, 0) is 44.8 Å². The minimum Gasteiger partial charge on any atom is -0.508 e. The largest absolute Gasteiger partial charge is 0.508 e. The van der Waals surface area contributed by atoms with Crippen LogP contribution in [0.1, 0.15) is 51.5 Å². The predicted octanol–water partition coefficient (Wildman–Crippen LogP) is -4.11. The number of phenolic OH excluding ortho intramolecular Hbond substituents is 1. The van der Waals surface area contributed by atoms with E-state index < -0.39 is 96.7 Å². The van der Waals surface area contributed by atoms with Gasteiger partial charge in [-0.15, -0.1) is 0 Å². The summed E-state index contributed by atoms with van der Waals surface area (Å²) in [6.45, 7) is 2.12. The van der Waals surface area contributed by atoms with E-state index in [0.717, 1.165) is 0 Å². The summed E-state index contributed by atoms with van der Waals surface area (Å²) in [5, 5.41) is 27.9.